The van der Waals surface area contributed by atoms with Crippen molar-refractivity contribution < 1.29 is 33.3 Å². The van der Waals surface area contributed by atoms with Crippen molar-refractivity contribution in [1.82, 2.24) is 0 Å². The van der Waals surface area contributed by atoms with Gasteiger partial charge < -0.3 is 23.7 Å². The first-order chi connectivity index (χ1) is 15.8. The van der Waals surface area contributed by atoms with E-state index in [1.165, 1.54) is 12.7 Å². The lowest BCUT2D eigenvalue weighted by Gasteiger charge is -2.29. The van der Waals surface area contributed by atoms with Gasteiger partial charge in [0.05, 0.1) is 13.2 Å². The van der Waals surface area contributed by atoms with Crippen molar-refractivity contribution in [3.8, 4) is 5.75 Å². The molecular weight excluding hydrogens is 424 g/mol. The van der Waals surface area contributed by atoms with E-state index in [1.807, 2.05) is 63.1 Å². The molecule has 7 nitrogen and oxygen atoms in total. The van der Waals surface area contributed by atoms with Crippen molar-refractivity contribution in [2.24, 2.45) is 5.41 Å². The van der Waals surface area contributed by atoms with Crippen molar-refractivity contribution in [3.63, 3.8) is 0 Å². The largest absolute Gasteiger partial charge is 0.498 e. The molecule has 0 N–H and O–H groups in total. The first kappa shape index (κ1) is 29.5. The molecule has 0 aromatic heterocycles. The van der Waals surface area contributed by atoms with Gasteiger partial charge in [0.25, 0.3) is 0 Å². The summed E-state index contributed by atoms with van der Waals surface area (Å²) in [5.41, 5.74) is 0.834. The molecule has 0 saturated heterocycles. The predicted molar refractivity (Wildman–Crippen MR) is 127 cm³/mol. The summed E-state index contributed by atoms with van der Waals surface area (Å²) >= 11 is 0. The molecule has 180 valence electrons. The number of benzene rings is 2. The van der Waals surface area contributed by atoms with E-state index in [-0.39, 0.29) is 6.61 Å². The lowest BCUT2D eigenvalue weighted by atomic mass is 9.90. The number of para-hydroxylation sites is 1. The maximum Gasteiger partial charge on any atom is 0.324 e. The second kappa shape index (κ2) is 16.2. The number of ether oxygens (including phenoxy) is 4. The van der Waals surface area contributed by atoms with E-state index in [0.29, 0.717) is 18.1 Å². The number of aryl methyl sites for hydroxylation is 1. The van der Waals surface area contributed by atoms with Crippen molar-refractivity contribution in [1.29, 1.82) is 0 Å². The highest BCUT2D eigenvalue weighted by Gasteiger charge is 2.41. The maximum atomic E-state index is 12.4. The van der Waals surface area contributed by atoms with Crippen LogP contribution in [0.2, 0.25) is 0 Å². The van der Waals surface area contributed by atoms with Gasteiger partial charge >= 0.3 is 5.97 Å². The van der Waals surface area contributed by atoms with Crippen LogP contribution in [0.25, 0.3) is 0 Å². The molecular formula is C26H34O7. The molecule has 2 unspecified atom stereocenters. The Morgan fingerprint density at radius 2 is 1.67 bits per heavy atom. The van der Waals surface area contributed by atoms with E-state index in [1.54, 1.807) is 26.0 Å². The van der Waals surface area contributed by atoms with E-state index in [0.717, 1.165) is 11.8 Å². The Kier molecular flexibility index (Phi) is 14.5. The minimum atomic E-state index is -1.08. The topological polar surface area (TPSA) is 88.1 Å². The zero-order valence-corrected chi connectivity index (χ0v) is 20.0. The minimum absolute atomic E-state index is 0.114. The van der Waals surface area contributed by atoms with Crippen molar-refractivity contribution in [3.05, 3.63) is 78.1 Å². The first-order valence-corrected chi connectivity index (χ1v) is 10.3. The van der Waals surface area contributed by atoms with Crippen LogP contribution in [0.1, 0.15) is 36.7 Å². The van der Waals surface area contributed by atoms with E-state index in [9.17, 15) is 9.59 Å². The second-order valence-corrected chi connectivity index (χ2v) is 7.05. The SMILES string of the molecule is C=C(OCC)C(C)(COC)C(=O)OC(C)Oc1ccccc1.C=O.Cc1ccc(C=O)cc1. The molecule has 2 atom stereocenters. The number of carbonyl (C=O) groups excluding carboxylic acids is 3. The number of rotatable bonds is 10. The summed E-state index contributed by atoms with van der Waals surface area (Å²) in [6, 6.07) is 16.6. The summed E-state index contributed by atoms with van der Waals surface area (Å²) in [6.45, 7) is 13.5. The molecule has 2 aromatic rings. The Morgan fingerprint density at radius 1 is 1.09 bits per heavy atom. The van der Waals surface area contributed by atoms with Crippen LogP contribution in [0.15, 0.2) is 66.9 Å². The van der Waals surface area contributed by atoms with E-state index >= 15 is 0 Å². The predicted octanol–water partition coefficient (Wildman–Crippen LogP) is 4.78. The van der Waals surface area contributed by atoms with Crippen molar-refractivity contribution >= 4 is 19.0 Å². The Balaban J connectivity index is 0.000000770. The highest BCUT2D eigenvalue weighted by molar-refractivity contribution is 5.79. The molecule has 0 heterocycles. The van der Waals surface area contributed by atoms with Crippen molar-refractivity contribution in [2.75, 3.05) is 20.3 Å². The zero-order chi connectivity index (χ0) is 25.3. The quantitative estimate of drug-likeness (QED) is 0.219. The van der Waals surface area contributed by atoms with Gasteiger partial charge in [-0.2, -0.15) is 0 Å². The Labute approximate surface area is 196 Å². The summed E-state index contributed by atoms with van der Waals surface area (Å²) < 4.78 is 21.4. The maximum absolute atomic E-state index is 12.4. The average Bonchev–Trinajstić information content (AvgIpc) is 2.82. The molecule has 0 bridgehead atoms. The van der Waals surface area contributed by atoms with Gasteiger partial charge in [-0.05, 0) is 32.9 Å². The smallest absolute Gasteiger partial charge is 0.324 e. The minimum Gasteiger partial charge on any atom is -0.498 e. The van der Waals surface area contributed by atoms with Crippen LogP contribution < -0.4 is 4.74 Å². The third-order valence-electron chi connectivity index (χ3n) is 4.35. The monoisotopic (exact) mass is 458 g/mol. The molecule has 0 amide bonds. The summed E-state index contributed by atoms with van der Waals surface area (Å²) in [5, 5.41) is 0. The van der Waals surface area contributed by atoms with Crippen LogP contribution >= 0.6 is 0 Å². The van der Waals surface area contributed by atoms with Crippen LogP contribution in [0.5, 0.6) is 5.75 Å². The fraction of sp³-hybridized carbons (Fsp3) is 0.346. The number of aldehydes is 1. The number of carbonyl (C=O) groups is 3. The molecule has 0 spiro atoms. The second-order valence-electron chi connectivity index (χ2n) is 7.05. The number of hydrogen-bond donors (Lipinski definition) is 0. The molecule has 7 heteroatoms. The molecule has 0 fully saturated rings. The van der Waals surface area contributed by atoms with Gasteiger partial charge in [0.2, 0.25) is 6.29 Å². The van der Waals surface area contributed by atoms with E-state index in [2.05, 4.69) is 6.58 Å². The molecule has 0 saturated carbocycles. The van der Waals surface area contributed by atoms with E-state index in [4.69, 9.17) is 23.7 Å². The molecule has 0 aliphatic carbocycles. The van der Waals surface area contributed by atoms with Gasteiger partial charge in [0.15, 0.2) is 0 Å². The van der Waals surface area contributed by atoms with Gasteiger partial charge in [-0.25, -0.2) is 0 Å². The van der Waals surface area contributed by atoms with Crippen LogP contribution in [0.4, 0.5) is 0 Å². The van der Waals surface area contributed by atoms with Gasteiger partial charge in [0.1, 0.15) is 30.0 Å². The summed E-state index contributed by atoms with van der Waals surface area (Å²) in [4.78, 5) is 30.6. The van der Waals surface area contributed by atoms with Crippen LogP contribution in [-0.2, 0) is 23.8 Å². The zero-order valence-electron chi connectivity index (χ0n) is 20.0. The summed E-state index contributed by atoms with van der Waals surface area (Å²) in [6.07, 6.45) is 0.111. The van der Waals surface area contributed by atoms with Gasteiger partial charge in [-0.15, -0.1) is 0 Å². The normalized spacial score (nSPS) is 12.3. The molecule has 0 aliphatic rings. The van der Waals surface area contributed by atoms with Crippen molar-refractivity contribution in [2.45, 2.75) is 34.0 Å². The van der Waals surface area contributed by atoms with E-state index < -0.39 is 17.7 Å². The number of methoxy groups -OCH3 is 1. The summed E-state index contributed by atoms with van der Waals surface area (Å²) in [5.74, 6) is 0.435. The van der Waals surface area contributed by atoms with Crippen LogP contribution in [-0.4, -0.2) is 45.7 Å². The van der Waals surface area contributed by atoms with Gasteiger partial charge in [-0.3, -0.25) is 9.59 Å². The fourth-order valence-corrected chi connectivity index (χ4v) is 2.52. The third-order valence-corrected chi connectivity index (χ3v) is 4.35. The number of esters is 1. The molecule has 2 aromatic carbocycles. The standard InChI is InChI=1S/C17H24O5.C8H8O.CH2O/c1-6-20-13(2)17(4,12-19-5)16(18)22-14(3)21-15-10-8-7-9-11-15;1-7-2-4-8(6-9)5-3-7;1-2/h7-11,14H,2,6,12H2,1,3-5H3;2-6H,1H3;1H2. The van der Waals surface area contributed by atoms with Gasteiger partial charge in [-0.1, -0.05) is 54.6 Å². The van der Waals surface area contributed by atoms with Crippen LogP contribution in [0.3, 0.4) is 0 Å². The molecule has 0 radical (unpaired) electrons. The lowest BCUT2D eigenvalue weighted by molar-refractivity contribution is -0.175. The highest BCUT2D eigenvalue weighted by atomic mass is 16.7. The molecule has 0 aliphatic heterocycles. The average molecular weight is 459 g/mol. The Morgan fingerprint density at radius 3 is 2.15 bits per heavy atom. The Hall–Kier alpha value is -3.45. The Bertz CT molecular complexity index is 833. The number of hydrogen-bond acceptors (Lipinski definition) is 7. The molecule has 2 rings (SSSR count). The lowest BCUT2D eigenvalue weighted by Crippen LogP contribution is -2.39. The summed E-state index contributed by atoms with van der Waals surface area (Å²) in [7, 11) is 1.51. The fourth-order valence-electron chi connectivity index (χ4n) is 2.52. The first-order valence-electron chi connectivity index (χ1n) is 10.3. The van der Waals surface area contributed by atoms with Crippen LogP contribution in [0, 0.1) is 12.3 Å². The molecule has 33 heavy (non-hydrogen) atoms. The third kappa shape index (κ3) is 10.6. The van der Waals surface area contributed by atoms with Gasteiger partial charge in [0, 0.05) is 19.6 Å². The highest BCUT2D eigenvalue weighted by Crippen LogP contribution is 2.29.